The Morgan fingerprint density at radius 1 is 1.40 bits per heavy atom. The Balaban J connectivity index is 1.75. The number of alkyl carbamates (subject to hydrolysis) is 1. The monoisotopic (exact) mass is 367 g/mol. The van der Waals surface area contributed by atoms with Crippen molar-refractivity contribution in [3.05, 3.63) is 29.3 Å². The summed E-state index contributed by atoms with van der Waals surface area (Å²) in [6.07, 6.45) is 4.92. The van der Waals surface area contributed by atoms with Crippen LogP contribution in [0.2, 0.25) is 5.02 Å². The first kappa shape index (κ1) is 18.0. The number of benzene rings is 1. The van der Waals surface area contributed by atoms with Crippen LogP contribution >= 0.6 is 11.6 Å². The maximum atomic E-state index is 13.5. The molecule has 1 amide bonds. The fraction of sp³-hybridized carbons (Fsp3) is 0.556. The van der Waals surface area contributed by atoms with Crippen molar-refractivity contribution >= 4 is 28.7 Å². The summed E-state index contributed by atoms with van der Waals surface area (Å²) in [5.74, 6) is -0.393. The summed E-state index contributed by atoms with van der Waals surface area (Å²) in [4.78, 5) is 16.3. The molecular formula is C18H23ClFN3O2. The standard InChI is InChI=1S/C18H23ClFN3O2/c1-18(2,3)25-17(24)22-12-5-4-6-13(9-12)23-10-21-15-8-11(20)7-14(19)16(15)23/h7-8,10,12-13H,4-6,9H2,1-3H3,(H,22,24)/t12-,13+/m1/s1. The molecule has 1 aliphatic carbocycles. The van der Waals surface area contributed by atoms with Crippen molar-refractivity contribution in [2.24, 2.45) is 0 Å². The first-order chi connectivity index (χ1) is 11.7. The molecule has 1 aromatic carbocycles. The van der Waals surface area contributed by atoms with E-state index in [1.165, 1.54) is 12.1 Å². The third kappa shape index (κ3) is 4.24. The number of hydrogen-bond acceptors (Lipinski definition) is 3. The van der Waals surface area contributed by atoms with E-state index in [9.17, 15) is 9.18 Å². The first-order valence-corrected chi connectivity index (χ1v) is 8.92. The average Bonchev–Trinajstić information content (AvgIpc) is 2.89. The number of aromatic nitrogens is 2. The number of imidazole rings is 1. The van der Waals surface area contributed by atoms with Gasteiger partial charge in [-0.15, -0.1) is 0 Å². The third-order valence-corrected chi connectivity index (χ3v) is 4.64. The van der Waals surface area contributed by atoms with Gasteiger partial charge < -0.3 is 14.6 Å². The van der Waals surface area contributed by atoms with E-state index in [0.29, 0.717) is 10.5 Å². The van der Waals surface area contributed by atoms with Crippen LogP contribution in [0.1, 0.15) is 52.5 Å². The number of amides is 1. The lowest BCUT2D eigenvalue weighted by molar-refractivity contribution is 0.0486. The number of fused-ring (bicyclic) bond motifs is 1. The van der Waals surface area contributed by atoms with Gasteiger partial charge in [0.15, 0.2) is 0 Å². The van der Waals surface area contributed by atoms with Gasteiger partial charge in [0.2, 0.25) is 0 Å². The summed E-state index contributed by atoms with van der Waals surface area (Å²) < 4.78 is 20.8. The highest BCUT2D eigenvalue weighted by Gasteiger charge is 2.27. The Hall–Kier alpha value is -1.82. The summed E-state index contributed by atoms with van der Waals surface area (Å²) >= 11 is 6.23. The van der Waals surface area contributed by atoms with Crippen LogP contribution in [0.4, 0.5) is 9.18 Å². The van der Waals surface area contributed by atoms with Gasteiger partial charge in [-0.2, -0.15) is 0 Å². The van der Waals surface area contributed by atoms with Crippen LogP contribution in [-0.2, 0) is 4.74 Å². The largest absolute Gasteiger partial charge is 0.444 e. The molecule has 0 radical (unpaired) electrons. The minimum atomic E-state index is -0.518. The fourth-order valence-electron chi connectivity index (χ4n) is 3.39. The van der Waals surface area contributed by atoms with E-state index in [1.54, 1.807) is 6.33 Å². The van der Waals surface area contributed by atoms with Crippen LogP contribution in [0.15, 0.2) is 18.5 Å². The quantitative estimate of drug-likeness (QED) is 0.826. The number of carbonyl (C=O) groups is 1. The van der Waals surface area contributed by atoms with Crippen LogP contribution in [0.25, 0.3) is 11.0 Å². The molecule has 1 aliphatic rings. The van der Waals surface area contributed by atoms with Gasteiger partial charge in [0.25, 0.3) is 0 Å². The van der Waals surface area contributed by atoms with Crippen molar-refractivity contribution in [2.75, 3.05) is 0 Å². The lowest BCUT2D eigenvalue weighted by atomic mass is 9.91. The molecule has 25 heavy (non-hydrogen) atoms. The summed E-state index contributed by atoms with van der Waals surface area (Å²) in [6.45, 7) is 5.53. The van der Waals surface area contributed by atoms with Gasteiger partial charge >= 0.3 is 6.09 Å². The number of ether oxygens (including phenoxy) is 1. The van der Waals surface area contributed by atoms with Crippen LogP contribution < -0.4 is 5.32 Å². The Bertz CT molecular complexity index is 784. The third-order valence-electron chi connectivity index (χ3n) is 4.35. The second-order valence-electron chi connectivity index (χ2n) is 7.57. The summed E-state index contributed by atoms with van der Waals surface area (Å²) in [5, 5.41) is 3.31. The molecule has 2 aromatic rings. The molecule has 1 saturated carbocycles. The average molecular weight is 368 g/mol. The maximum Gasteiger partial charge on any atom is 0.407 e. The van der Waals surface area contributed by atoms with Gasteiger partial charge in [0.1, 0.15) is 11.4 Å². The Morgan fingerprint density at radius 2 is 2.16 bits per heavy atom. The highest BCUT2D eigenvalue weighted by atomic mass is 35.5. The molecule has 0 saturated heterocycles. The minimum Gasteiger partial charge on any atom is -0.444 e. The van der Waals surface area contributed by atoms with E-state index < -0.39 is 17.5 Å². The summed E-state index contributed by atoms with van der Waals surface area (Å²) in [6, 6.07) is 2.88. The maximum absolute atomic E-state index is 13.5. The topological polar surface area (TPSA) is 56.1 Å². The van der Waals surface area contributed by atoms with Crippen LogP contribution in [0.5, 0.6) is 0 Å². The SMILES string of the molecule is CC(C)(C)OC(=O)N[C@@H]1CCC[C@H](n2cnc3cc(F)cc(Cl)c32)C1. The highest BCUT2D eigenvalue weighted by Crippen LogP contribution is 2.34. The lowest BCUT2D eigenvalue weighted by Crippen LogP contribution is -2.41. The van der Waals surface area contributed by atoms with E-state index in [1.807, 2.05) is 25.3 Å². The second-order valence-corrected chi connectivity index (χ2v) is 7.98. The molecule has 2 atom stereocenters. The molecule has 0 bridgehead atoms. The molecule has 5 nitrogen and oxygen atoms in total. The van der Waals surface area contributed by atoms with E-state index >= 15 is 0 Å². The molecule has 1 fully saturated rings. The van der Waals surface area contributed by atoms with Crippen molar-refractivity contribution < 1.29 is 13.9 Å². The number of carbonyl (C=O) groups excluding carboxylic acids is 1. The van der Waals surface area contributed by atoms with Gasteiger partial charge in [0.05, 0.1) is 22.4 Å². The Labute approximate surface area is 151 Å². The van der Waals surface area contributed by atoms with E-state index in [-0.39, 0.29) is 12.1 Å². The number of rotatable bonds is 2. The van der Waals surface area contributed by atoms with Gasteiger partial charge in [0, 0.05) is 18.2 Å². The summed E-state index contributed by atoms with van der Waals surface area (Å²) in [5.41, 5.74) is 0.772. The van der Waals surface area contributed by atoms with Gasteiger partial charge in [-0.3, -0.25) is 0 Å². The van der Waals surface area contributed by atoms with Crippen LogP contribution in [0.3, 0.4) is 0 Å². The first-order valence-electron chi connectivity index (χ1n) is 8.54. The molecule has 0 aliphatic heterocycles. The second kappa shape index (κ2) is 6.83. The van der Waals surface area contributed by atoms with Crippen LogP contribution in [-0.4, -0.2) is 27.3 Å². The molecule has 7 heteroatoms. The smallest absolute Gasteiger partial charge is 0.407 e. The predicted molar refractivity (Wildman–Crippen MR) is 95.4 cm³/mol. The highest BCUT2D eigenvalue weighted by molar-refractivity contribution is 6.35. The Kier molecular flexibility index (Phi) is 4.91. The van der Waals surface area contributed by atoms with Crippen molar-refractivity contribution in [3.8, 4) is 0 Å². The van der Waals surface area contributed by atoms with Crippen molar-refractivity contribution in [2.45, 2.75) is 64.1 Å². The minimum absolute atomic E-state index is 0.0327. The van der Waals surface area contributed by atoms with Gasteiger partial charge in [-0.25, -0.2) is 14.2 Å². The zero-order chi connectivity index (χ0) is 18.2. The van der Waals surface area contributed by atoms with Gasteiger partial charge in [-0.1, -0.05) is 11.6 Å². The van der Waals surface area contributed by atoms with Crippen molar-refractivity contribution in [1.82, 2.24) is 14.9 Å². The zero-order valence-corrected chi connectivity index (χ0v) is 15.4. The van der Waals surface area contributed by atoms with E-state index in [2.05, 4.69) is 10.3 Å². The molecule has 1 heterocycles. The fourth-order valence-corrected chi connectivity index (χ4v) is 3.69. The number of nitrogens with zero attached hydrogens (tertiary/aromatic N) is 2. The molecule has 136 valence electrons. The molecule has 3 rings (SSSR count). The molecule has 0 unspecified atom stereocenters. The number of nitrogens with one attached hydrogen (secondary N) is 1. The van der Waals surface area contributed by atoms with E-state index in [0.717, 1.165) is 31.2 Å². The number of halogens is 2. The molecule has 1 aromatic heterocycles. The predicted octanol–water partition coefficient (Wildman–Crippen LogP) is 4.84. The van der Waals surface area contributed by atoms with Crippen molar-refractivity contribution in [3.63, 3.8) is 0 Å². The molecular weight excluding hydrogens is 345 g/mol. The Morgan fingerprint density at radius 3 is 2.88 bits per heavy atom. The summed E-state index contributed by atoms with van der Waals surface area (Å²) in [7, 11) is 0. The lowest BCUT2D eigenvalue weighted by Gasteiger charge is -2.31. The number of hydrogen-bond donors (Lipinski definition) is 1. The zero-order valence-electron chi connectivity index (χ0n) is 14.7. The van der Waals surface area contributed by atoms with Crippen LogP contribution in [0, 0.1) is 5.82 Å². The van der Waals surface area contributed by atoms with Crippen molar-refractivity contribution in [1.29, 1.82) is 0 Å². The molecule has 0 spiro atoms. The van der Waals surface area contributed by atoms with E-state index in [4.69, 9.17) is 16.3 Å². The van der Waals surface area contributed by atoms with Gasteiger partial charge in [-0.05, 0) is 52.5 Å². The molecule has 1 N–H and O–H groups in total. The normalized spacial score (nSPS) is 21.3.